The molecule has 0 aliphatic carbocycles. The summed E-state index contributed by atoms with van der Waals surface area (Å²) in [5, 5.41) is 6.19. The number of nitrogens with zero attached hydrogens (tertiary/aromatic N) is 2. The van der Waals surface area contributed by atoms with Gasteiger partial charge in [-0.2, -0.15) is 0 Å². The SMILES string of the molecule is c1ccc(-c2ccc(-c3cc4ccccc4nc3-c3ccc(N4c5ccc6ccccc6c5-c5cccc6cccc4c56)cc3)cc2)cc1. The fraction of sp³-hybridized carbons (Fsp3) is 0. The Balaban J connectivity index is 1.12. The highest BCUT2D eigenvalue weighted by atomic mass is 15.2. The lowest BCUT2D eigenvalue weighted by Crippen LogP contribution is -2.15. The van der Waals surface area contributed by atoms with Gasteiger partial charge in [0.25, 0.3) is 0 Å². The van der Waals surface area contributed by atoms with Gasteiger partial charge >= 0.3 is 0 Å². The van der Waals surface area contributed by atoms with Gasteiger partial charge in [-0.1, -0.05) is 146 Å². The van der Waals surface area contributed by atoms with E-state index in [9.17, 15) is 0 Å². The average molecular weight is 623 g/mol. The van der Waals surface area contributed by atoms with E-state index in [0.29, 0.717) is 0 Å². The molecule has 0 saturated heterocycles. The number of aromatic nitrogens is 1. The number of para-hydroxylation sites is 1. The molecule has 0 saturated carbocycles. The van der Waals surface area contributed by atoms with Gasteiger partial charge in [-0.3, -0.25) is 0 Å². The van der Waals surface area contributed by atoms with Crippen LogP contribution in [0.1, 0.15) is 0 Å². The summed E-state index contributed by atoms with van der Waals surface area (Å²) < 4.78 is 0. The van der Waals surface area contributed by atoms with E-state index in [1.54, 1.807) is 0 Å². The molecule has 0 atom stereocenters. The Kier molecular flexibility index (Phi) is 6.22. The van der Waals surface area contributed by atoms with E-state index in [0.717, 1.165) is 39.0 Å². The van der Waals surface area contributed by atoms with Crippen LogP contribution >= 0.6 is 0 Å². The van der Waals surface area contributed by atoms with Crippen molar-refractivity contribution in [1.29, 1.82) is 0 Å². The monoisotopic (exact) mass is 622 g/mol. The average Bonchev–Trinajstić information content (AvgIpc) is 3.18. The molecule has 10 rings (SSSR count). The van der Waals surface area contributed by atoms with E-state index < -0.39 is 0 Å². The van der Waals surface area contributed by atoms with Crippen LogP contribution in [0, 0.1) is 0 Å². The molecule has 2 nitrogen and oxygen atoms in total. The van der Waals surface area contributed by atoms with Gasteiger partial charge in [0.05, 0.1) is 22.6 Å². The summed E-state index contributed by atoms with van der Waals surface area (Å²) in [6, 6.07) is 65.6. The predicted molar refractivity (Wildman–Crippen MR) is 207 cm³/mol. The van der Waals surface area contributed by atoms with Crippen LogP contribution in [0.2, 0.25) is 0 Å². The van der Waals surface area contributed by atoms with Gasteiger partial charge in [-0.25, -0.2) is 4.98 Å². The lowest BCUT2D eigenvalue weighted by Gasteiger charge is -2.34. The Labute approximate surface area is 285 Å². The topological polar surface area (TPSA) is 16.1 Å². The number of pyridine rings is 1. The zero-order chi connectivity index (χ0) is 32.3. The molecule has 228 valence electrons. The number of rotatable bonds is 4. The van der Waals surface area contributed by atoms with Crippen molar-refractivity contribution in [3.63, 3.8) is 0 Å². The summed E-state index contributed by atoms with van der Waals surface area (Å²) in [7, 11) is 0. The molecule has 1 aliphatic rings. The summed E-state index contributed by atoms with van der Waals surface area (Å²) in [4.78, 5) is 7.69. The van der Waals surface area contributed by atoms with Gasteiger partial charge in [0.2, 0.25) is 0 Å². The second kappa shape index (κ2) is 11.0. The highest BCUT2D eigenvalue weighted by molar-refractivity contribution is 6.19. The Morgan fingerprint density at radius 2 is 1.04 bits per heavy atom. The molecule has 0 N–H and O–H groups in total. The van der Waals surface area contributed by atoms with Gasteiger partial charge in [0.15, 0.2) is 0 Å². The van der Waals surface area contributed by atoms with Crippen molar-refractivity contribution in [1.82, 2.24) is 4.98 Å². The highest BCUT2D eigenvalue weighted by Crippen LogP contribution is 2.53. The lowest BCUT2D eigenvalue weighted by molar-refractivity contribution is 1.29. The quantitative estimate of drug-likeness (QED) is 0.194. The number of benzene rings is 8. The second-order valence-electron chi connectivity index (χ2n) is 12.8. The van der Waals surface area contributed by atoms with Crippen molar-refractivity contribution in [3.8, 4) is 44.6 Å². The molecule has 2 heteroatoms. The van der Waals surface area contributed by atoms with E-state index in [2.05, 4.69) is 187 Å². The molecule has 0 spiro atoms. The van der Waals surface area contributed by atoms with Crippen LogP contribution in [-0.2, 0) is 0 Å². The number of anilines is 3. The molecule has 8 aromatic carbocycles. The van der Waals surface area contributed by atoms with E-state index in [4.69, 9.17) is 4.98 Å². The van der Waals surface area contributed by atoms with Crippen molar-refractivity contribution in [2.75, 3.05) is 4.90 Å². The molecule has 0 bridgehead atoms. The highest BCUT2D eigenvalue weighted by Gasteiger charge is 2.27. The lowest BCUT2D eigenvalue weighted by atomic mass is 9.87. The van der Waals surface area contributed by atoms with Gasteiger partial charge < -0.3 is 4.90 Å². The smallest absolute Gasteiger partial charge is 0.0788 e. The molecule has 2 heterocycles. The molecular formula is C47H30N2. The number of fused-ring (bicyclic) bond motifs is 5. The molecule has 1 aromatic heterocycles. The van der Waals surface area contributed by atoms with Gasteiger partial charge in [-0.05, 0) is 74.8 Å². The van der Waals surface area contributed by atoms with Crippen LogP contribution in [0.15, 0.2) is 182 Å². The van der Waals surface area contributed by atoms with Crippen LogP contribution in [0.4, 0.5) is 17.1 Å². The maximum atomic E-state index is 5.26. The molecular weight excluding hydrogens is 593 g/mol. The predicted octanol–water partition coefficient (Wildman–Crippen LogP) is 13.0. The minimum atomic E-state index is 0.982. The zero-order valence-electron chi connectivity index (χ0n) is 26.7. The maximum Gasteiger partial charge on any atom is 0.0788 e. The number of hydrogen-bond donors (Lipinski definition) is 0. The van der Waals surface area contributed by atoms with Crippen LogP contribution < -0.4 is 4.90 Å². The van der Waals surface area contributed by atoms with Crippen molar-refractivity contribution in [3.05, 3.63) is 182 Å². The molecule has 0 amide bonds. The Bertz CT molecular complexity index is 2690. The van der Waals surface area contributed by atoms with Crippen LogP contribution in [-0.4, -0.2) is 4.98 Å². The molecule has 0 unspecified atom stereocenters. The molecule has 49 heavy (non-hydrogen) atoms. The van der Waals surface area contributed by atoms with Gasteiger partial charge in [0, 0.05) is 33.2 Å². The summed E-state index contributed by atoms with van der Waals surface area (Å²) in [5.41, 5.74) is 13.8. The minimum absolute atomic E-state index is 0.982. The molecule has 1 aliphatic heterocycles. The first-order valence-electron chi connectivity index (χ1n) is 16.8. The zero-order valence-corrected chi connectivity index (χ0v) is 26.7. The molecule has 0 fully saturated rings. The third-order valence-electron chi connectivity index (χ3n) is 9.97. The Morgan fingerprint density at radius 3 is 1.88 bits per heavy atom. The van der Waals surface area contributed by atoms with Crippen LogP contribution in [0.5, 0.6) is 0 Å². The normalized spacial score (nSPS) is 12.0. The third kappa shape index (κ3) is 4.46. The van der Waals surface area contributed by atoms with Crippen molar-refractivity contribution in [2.24, 2.45) is 0 Å². The molecule has 0 radical (unpaired) electrons. The van der Waals surface area contributed by atoms with E-state index >= 15 is 0 Å². The maximum absolute atomic E-state index is 5.26. The van der Waals surface area contributed by atoms with Crippen LogP contribution in [0.25, 0.3) is 77.1 Å². The Morgan fingerprint density at radius 1 is 0.388 bits per heavy atom. The fourth-order valence-electron chi connectivity index (χ4n) is 7.65. The van der Waals surface area contributed by atoms with Crippen LogP contribution in [0.3, 0.4) is 0 Å². The van der Waals surface area contributed by atoms with E-state index in [-0.39, 0.29) is 0 Å². The van der Waals surface area contributed by atoms with Gasteiger partial charge in [0.1, 0.15) is 0 Å². The Hall–Kier alpha value is -6.51. The van der Waals surface area contributed by atoms with E-state index in [1.165, 1.54) is 55.2 Å². The summed E-state index contributed by atoms with van der Waals surface area (Å²) in [5.74, 6) is 0. The largest absolute Gasteiger partial charge is 0.309 e. The number of hydrogen-bond acceptors (Lipinski definition) is 2. The standard InChI is InChI=1S/C47H30N2/c1-2-10-31(11-3-1)32-20-22-34(23-21-32)41-30-37-13-5-7-18-42(37)48-47(41)36-24-27-38(28-25-36)49-43-19-9-15-35-14-8-17-40(45(35)43)46-39-16-6-4-12-33(39)26-29-44(46)49/h1-30H. The van der Waals surface area contributed by atoms with Crippen molar-refractivity contribution >= 4 is 49.5 Å². The van der Waals surface area contributed by atoms with Crippen molar-refractivity contribution < 1.29 is 0 Å². The first-order valence-corrected chi connectivity index (χ1v) is 16.8. The summed E-state index contributed by atoms with van der Waals surface area (Å²) in [6.45, 7) is 0. The van der Waals surface area contributed by atoms with Crippen molar-refractivity contribution in [2.45, 2.75) is 0 Å². The first kappa shape index (κ1) is 27.6. The molecule has 9 aromatic rings. The van der Waals surface area contributed by atoms with Gasteiger partial charge in [-0.15, -0.1) is 0 Å². The van der Waals surface area contributed by atoms with E-state index in [1.807, 2.05) is 0 Å². The summed E-state index contributed by atoms with van der Waals surface area (Å²) >= 11 is 0. The second-order valence-corrected chi connectivity index (χ2v) is 12.8. The third-order valence-corrected chi connectivity index (χ3v) is 9.97. The minimum Gasteiger partial charge on any atom is -0.309 e. The summed E-state index contributed by atoms with van der Waals surface area (Å²) in [6.07, 6.45) is 0. The fourth-order valence-corrected chi connectivity index (χ4v) is 7.65. The first-order chi connectivity index (χ1) is 24.3.